The van der Waals surface area contributed by atoms with Crippen LogP contribution in [-0.2, 0) is 22.8 Å². The average Bonchev–Trinajstić information content (AvgIpc) is 3.81. The van der Waals surface area contributed by atoms with E-state index in [4.69, 9.17) is 22.8 Å². The monoisotopic (exact) mass is 586 g/mol. The standard InChI is InChI=1S/C34H70O5Si/c1-8-15-18-21-24-33(12-5,25-22-19-16-9-2)38-40(14-7,37-28-11-4)39-34(13-6,26-23-20-17-10-3)27-29-35-30-32-31-36-32/h32H,8-31H2,1-7H3. The van der Waals surface area contributed by atoms with Gasteiger partial charge >= 0.3 is 8.80 Å². The maximum absolute atomic E-state index is 7.46. The van der Waals surface area contributed by atoms with E-state index in [9.17, 15) is 0 Å². The molecule has 5 nitrogen and oxygen atoms in total. The summed E-state index contributed by atoms with van der Waals surface area (Å²) in [5.41, 5.74) is -0.420. The number of rotatable bonds is 30. The summed E-state index contributed by atoms with van der Waals surface area (Å²) in [4.78, 5) is 0. The minimum Gasteiger partial charge on any atom is -0.379 e. The minimum absolute atomic E-state index is 0.154. The molecule has 1 aliphatic rings. The Kier molecular flexibility index (Phi) is 21.4. The summed E-state index contributed by atoms with van der Waals surface area (Å²) in [6.45, 7) is 18.9. The summed E-state index contributed by atoms with van der Waals surface area (Å²) in [7, 11) is -2.96. The first kappa shape index (κ1) is 38.0. The third kappa shape index (κ3) is 15.5. The largest absolute Gasteiger partial charge is 0.501 e. The molecular weight excluding hydrogens is 516 g/mol. The summed E-state index contributed by atoms with van der Waals surface area (Å²) in [5, 5.41) is 0. The summed E-state index contributed by atoms with van der Waals surface area (Å²) in [6, 6.07) is 0.826. The molecule has 6 heteroatoms. The van der Waals surface area contributed by atoms with Crippen LogP contribution in [0.2, 0.25) is 6.04 Å². The lowest BCUT2D eigenvalue weighted by Crippen LogP contribution is -2.57. The highest BCUT2D eigenvalue weighted by Crippen LogP contribution is 2.40. The SMILES string of the molecule is CCCCCCC(CC)(CCCCCC)O[Si](CC)(OCCC)OC(CC)(CCCCCC)CCOCC1CO1. The van der Waals surface area contributed by atoms with Crippen molar-refractivity contribution in [2.24, 2.45) is 0 Å². The molecular formula is C34H70O5Si. The lowest BCUT2D eigenvalue weighted by atomic mass is 9.87. The van der Waals surface area contributed by atoms with Crippen LogP contribution in [0.25, 0.3) is 0 Å². The Morgan fingerprint density at radius 1 is 0.600 bits per heavy atom. The van der Waals surface area contributed by atoms with Crippen molar-refractivity contribution in [2.45, 2.75) is 194 Å². The molecule has 0 aromatic carbocycles. The van der Waals surface area contributed by atoms with Gasteiger partial charge in [0.1, 0.15) is 6.10 Å². The van der Waals surface area contributed by atoms with Gasteiger partial charge in [0.05, 0.1) is 24.4 Å². The zero-order chi connectivity index (χ0) is 29.6. The highest BCUT2D eigenvalue weighted by Gasteiger charge is 2.51. The van der Waals surface area contributed by atoms with Crippen molar-refractivity contribution < 1.29 is 22.8 Å². The van der Waals surface area contributed by atoms with E-state index >= 15 is 0 Å². The Morgan fingerprint density at radius 3 is 1.45 bits per heavy atom. The van der Waals surface area contributed by atoms with Crippen molar-refractivity contribution in [3.63, 3.8) is 0 Å². The normalized spacial score (nSPS) is 18.5. The lowest BCUT2D eigenvalue weighted by molar-refractivity contribution is -0.0990. The number of hydrogen-bond donors (Lipinski definition) is 0. The van der Waals surface area contributed by atoms with Gasteiger partial charge in [-0.25, -0.2) is 0 Å². The highest BCUT2D eigenvalue weighted by atomic mass is 28.4. The van der Waals surface area contributed by atoms with Crippen LogP contribution in [0.15, 0.2) is 0 Å². The smallest absolute Gasteiger partial charge is 0.379 e. The topological polar surface area (TPSA) is 49.5 Å². The second-order valence-electron chi connectivity index (χ2n) is 12.4. The summed E-state index contributed by atoms with van der Waals surface area (Å²) in [6.07, 6.45) is 22.5. The van der Waals surface area contributed by atoms with Crippen molar-refractivity contribution in [1.29, 1.82) is 0 Å². The van der Waals surface area contributed by atoms with E-state index in [0.29, 0.717) is 25.9 Å². The Morgan fingerprint density at radius 2 is 1.07 bits per heavy atom. The summed E-state index contributed by atoms with van der Waals surface area (Å²) in [5.74, 6) is 0. The zero-order valence-electron chi connectivity index (χ0n) is 28.1. The Bertz CT molecular complexity index is 575. The van der Waals surface area contributed by atoms with Gasteiger partial charge in [-0.2, -0.15) is 0 Å². The second kappa shape index (κ2) is 22.5. The zero-order valence-corrected chi connectivity index (χ0v) is 29.1. The predicted molar refractivity (Wildman–Crippen MR) is 172 cm³/mol. The number of hydrogen-bond acceptors (Lipinski definition) is 5. The first-order valence-corrected chi connectivity index (χ1v) is 19.6. The van der Waals surface area contributed by atoms with E-state index < -0.39 is 8.80 Å². The van der Waals surface area contributed by atoms with Crippen molar-refractivity contribution >= 4 is 8.80 Å². The molecule has 40 heavy (non-hydrogen) atoms. The van der Waals surface area contributed by atoms with E-state index in [1.807, 2.05) is 0 Å². The second-order valence-corrected chi connectivity index (χ2v) is 15.1. The molecule has 1 saturated heterocycles. The maximum atomic E-state index is 7.46. The van der Waals surface area contributed by atoms with Gasteiger partial charge in [0.2, 0.25) is 0 Å². The molecule has 0 bridgehead atoms. The van der Waals surface area contributed by atoms with Crippen LogP contribution in [-0.4, -0.2) is 52.5 Å². The molecule has 0 saturated carbocycles. The molecule has 1 heterocycles. The third-order valence-corrected chi connectivity index (χ3v) is 11.9. The lowest BCUT2D eigenvalue weighted by Gasteiger charge is -2.46. The van der Waals surface area contributed by atoms with Gasteiger partial charge in [-0.05, 0) is 44.9 Å². The van der Waals surface area contributed by atoms with Crippen molar-refractivity contribution in [1.82, 2.24) is 0 Å². The Balaban J connectivity index is 3.23. The van der Waals surface area contributed by atoms with Gasteiger partial charge in [0, 0.05) is 19.3 Å². The molecule has 0 aliphatic carbocycles. The first-order chi connectivity index (χ1) is 19.4. The van der Waals surface area contributed by atoms with Gasteiger partial charge in [0.25, 0.3) is 0 Å². The van der Waals surface area contributed by atoms with Gasteiger partial charge in [-0.15, -0.1) is 0 Å². The van der Waals surface area contributed by atoms with E-state index in [-0.39, 0.29) is 11.2 Å². The fraction of sp³-hybridized carbons (Fsp3) is 1.00. The highest BCUT2D eigenvalue weighted by molar-refractivity contribution is 6.60. The molecule has 1 fully saturated rings. The fourth-order valence-electron chi connectivity index (χ4n) is 5.81. The van der Waals surface area contributed by atoms with Gasteiger partial charge < -0.3 is 22.8 Å². The van der Waals surface area contributed by atoms with E-state index in [1.54, 1.807) is 0 Å². The molecule has 1 rings (SSSR count). The average molecular weight is 587 g/mol. The molecule has 0 aromatic heterocycles. The fourth-order valence-corrected chi connectivity index (χ4v) is 8.99. The molecule has 240 valence electrons. The number of unbranched alkanes of at least 4 members (excludes halogenated alkanes) is 9. The first-order valence-electron chi connectivity index (χ1n) is 17.7. The molecule has 1 aliphatic heterocycles. The summed E-state index contributed by atoms with van der Waals surface area (Å²) < 4.78 is 33.1. The van der Waals surface area contributed by atoms with Gasteiger partial charge in [-0.3, -0.25) is 0 Å². The van der Waals surface area contributed by atoms with Crippen LogP contribution in [0.3, 0.4) is 0 Å². The number of epoxide rings is 1. The van der Waals surface area contributed by atoms with Crippen LogP contribution in [0.5, 0.6) is 0 Å². The molecule has 3 atom stereocenters. The van der Waals surface area contributed by atoms with Crippen molar-refractivity contribution in [3.8, 4) is 0 Å². The molecule has 3 unspecified atom stereocenters. The Labute approximate surface area is 251 Å². The molecule has 0 aromatic rings. The van der Waals surface area contributed by atoms with Crippen LogP contribution in [0, 0.1) is 0 Å². The van der Waals surface area contributed by atoms with Crippen molar-refractivity contribution in [2.75, 3.05) is 26.4 Å². The van der Waals surface area contributed by atoms with Crippen LogP contribution < -0.4 is 0 Å². The predicted octanol–water partition coefficient (Wildman–Crippen LogP) is 10.4. The van der Waals surface area contributed by atoms with E-state index in [1.165, 1.54) is 77.0 Å². The van der Waals surface area contributed by atoms with Crippen LogP contribution in [0.4, 0.5) is 0 Å². The number of ether oxygens (including phenoxy) is 2. The molecule has 0 N–H and O–H groups in total. The quantitative estimate of drug-likeness (QED) is 0.0476. The maximum Gasteiger partial charge on any atom is 0.501 e. The van der Waals surface area contributed by atoms with Crippen LogP contribution in [0.1, 0.15) is 170 Å². The minimum atomic E-state index is -2.96. The van der Waals surface area contributed by atoms with E-state index in [0.717, 1.165) is 57.6 Å². The van der Waals surface area contributed by atoms with Gasteiger partial charge in [-0.1, -0.05) is 126 Å². The van der Waals surface area contributed by atoms with E-state index in [2.05, 4.69) is 48.5 Å². The van der Waals surface area contributed by atoms with Crippen molar-refractivity contribution in [3.05, 3.63) is 0 Å². The van der Waals surface area contributed by atoms with Crippen LogP contribution >= 0.6 is 0 Å². The molecule has 0 spiro atoms. The summed E-state index contributed by atoms with van der Waals surface area (Å²) >= 11 is 0. The van der Waals surface area contributed by atoms with Gasteiger partial charge in [0.15, 0.2) is 0 Å². The molecule has 0 amide bonds. The Hall–Kier alpha value is 0.0169. The third-order valence-electron chi connectivity index (χ3n) is 8.86. The molecule has 0 radical (unpaired) electrons.